The van der Waals surface area contributed by atoms with Crippen molar-refractivity contribution < 1.29 is 18.4 Å². The van der Waals surface area contributed by atoms with Crippen LogP contribution in [0.25, 0.3) is 0 Å². The molecular formula is C17H20F2N2O2. The molecule has 2 saturated heterocycles. The first-order chi connectivity index (χ1) is 11.1. The van der Waals surface area contributed by atoms with Crippen molar-refractivity contribution in [2.45, 2.75) is 44.2 Å². The zero-order valence-corrected chi connectivity index (χ0v) is 12.9. The third-order valence-electron chi connectivity index (χ3n) is 4.75. The van der Waals surface area contributed by atoms with Crippen LogP contribution in [0.4, 0.5) is 8.78 Å². The topological polar surface area (TPSA) is 49.4 Å². The van der Waals surface area contributed by atoms with E-state index in [-0.39, 0.29) is 42.2 Å². The summed E-state index contributed by atoms with van der Waals surface area (Å²) in [6, 6.07) is 3.56. The van der Waals surface area contributed by atoms with Crippen molar-refractivity contribution in [2.24, 2.45) is 0 Å². The van der Waals surface area contributed by atoms with E-state index in [1.165, 1.54) is 6.07 Å². The first kappa shape index (κ1) is 16.1. The molecule has 2 aliphatic heterocycles. The van der Waals surface area contributed by atoms with Gasteiger partial charge in [-0.05, 0) is 44.0 Å². The van der Waals surface area contributed by atoms with E-state index in [0.29, 0.717) is 0 Å². The largest absolute Gasteiger partial charge is 0.335 e. The zero-order valence-electron chi connectivity index (χ0n) is 12.9. The van der Waals surface area contributed by atoms with Gasteiger partial charge in [0, 0.05) is 37.0 Å². The molecule has 2 unspecified atom stereocenters. The molecule has 2 fully saturated rings. The van der Waals surface area contributed by atoms with Gasteiger partial charge in [-0.15, -0.1) is 0 Å². The van der Waals surface area contributed by atoms with Gasteiger partial charge in [-0.25, -0.2) is 8.78 Å². The molecule has 1 aromatic carbocycles. The van der Waals surface area contributed by atoms with Crippen molar-refractivity contribution in [1.29, 1.82) is 0 Å². The molecule has 124 valence electrons. The van der Waals surface area contributed by atoms with E-state index >= 15 is 0 Å². The number of hydrogen-bond acceptors (Lipinski definition) is 3. The van der Waals surface area contributed by atoms with Gasteiger partial charge in [0.2, 0.25) is 5.91 Å². The summed E-state index contributed by atoms with van der Waals surface area (Å²) < 4.78 is 26.1. The highest BCUT2D eigenvalue weighted by Crippen LogP contribution is 2.28. The minimum Gasteiger partial charge on any atom is -0.335 e. The highest BCUT2D eigenvalue weighted by atomic mass is 19.2. The van der Waals surface area contributed by atoms with Gasteiger partial charge in [-0.3, -0.25) is 9.59 Å². The fourth-order valence-electron chi connectivity index (χ4n) is 3.55. The summed E-state index contributed by atoms with van der Waals surface area (Å²) in [6.07, 6.45) is 3.10. The SMILES string of the molecule is O=C(CCC(=O)N1C2CCNCC1CC2)c1ccc(F)c(F)c1. The van der Waals surface area contributed by atoms with Crippen molar-refractivity contribution in [3.63, 3.8) is 0 Å². The lowest BCUT2D eigenvalue weighted by Crippen LogP contribution is -2.42. The number of amides is 1. The fourth-order valence-corrected chi connectivity index (χ4v) is 3.55. The van der Waals surface area contributed by atoms with Gasteiger partial charge in [0.25, 0.3) is 0 Å². The predicted octanol–water partition coefficient (Wildman–Crippen LogP) is 2.28. The van der Waals surface area contributed by atoms with Gasteiger partial charge >= 0.3 is 0 Å². The molecule has 3 rings (SSSR count). The van der Waals surface area contributed by atoms with E-state index in [1.54, 1.807) is 0 Å². The van der Waals surface area contributed by atoms with E-state index in [2.05, 4.69) is 5.32 Å². The molecule has 2 heterocycles. The number of ketones is 1. The van der Waals surface area contributed by atoms with Crippen molar-refractivity contribution >= 4 is 11.7 Å². The van der Waals surface area contributed by atoms with Crippen LogP contribution in [0.3, 0.4) is 0 Å². The number of hydrogen-bond donors (Lipinski definition) is 1. The lowest BCUT2D eigenvalue weighted by atomic mass is 10.1. The van der Waals surface area contributed by atoms with E-state index in [0.717, 1.165) is 44.5 Å². The first-order valence-electron chi connectivity index (χ1n) is 8.06. The molecule has 1 aromatic rings. The molecule has 0 radical (unpaired) electrons. The Morgan fingerprint density at radius 3 is 2.65 bits per heavy atom. The smallest absolute Gasteiger partial charge is 0.223 e. The van der Waals surface area contributed by atoms with Gasteiger partial charge in [0.1, 0.15) is 0 Å². The third kappa shape index (κ3) is 3.42. The highest BCUT2D eigenvalue weighted by Gasteiger charge is 2.37. The van der Waals surface area contributed by atoms with Crippen LogP contribution >= 0.6 is 0 Å². The minimum atomic E-state index is -1.04. The summed E-state index contributed by atoms with van der Waals surface area (Å²) in [5, 5.41) is 3.33. The number of Topliss-reactive ketones (excluding diaryl/α,β-unsaturated/α-hetero) is 1. The second-order valence-corrected chi connectivity index (χ2v) is 6.23. The Hall–Kier alpha value is -1.82. The molecule has 0 aromatic heterocycles. The van der Waals surface area contributed by atoms with Crippen molar-refractivity contribution in [2.75, 3.05) is 13.1 Å². The summed E-state index contributed by atoms with van der Waals surface area (Å²) in [7, 11) is 0. The average Bonchev–Trinajstić information content (AvgIpc) is 2.80. The maximum atomic E-state index is 13.2. The second kappa shape index (κ2) is 6.74. The Labute approximate surface area is 133 Å². The van der Waals surface area contributed by atoms with Crippen molar-refractivity contribution in [1.82, 2.24) is 10.2 Å². The molecular weight excluding hydrogens is 302 g/mol. The van der Waals surface area contributed by atoms with Crippen LogP contribution in [-0.4, -0.2) is 41.8 Å². The summed E-state index contributed by atoms with van der Waals surface area (Å²) >= 11 is 0. The van der Waals surface area contributed by atoms with Crippen LogP contribution in [0, 0.1) is 11.6 Å². The van der Waals surface area contributed by atoms with Gasteiger partial charge < -0.3 is 10.2 Å². The van der Waals surface area contributed by atoms with Crippen molar-refractivity contribution in [3.05, 3.63) is 35.4 Å². The Morgan fingerprint density at radius 1 is 1.09 bits per heavy atom. The maximum Gasteiger partial charge on any atom is 0.223 e. The number of rotatable bonds is 4. The monoisotopic (exact) mass is 322 g/mol. The van der Waals surface area contributed by atoms with E-state index in [1.807, 2.05) is 4.90 Å². The Balaban J connectivity index is 1.60. The van der Waals surface area contributed by atoms with Gasteiger partial charge in [0.15, 0.2) is 17.4 Å². The molecule has 0 saturated carbocycles. The Morgan fingerprint density at radius 2 is 1.87 bits per heavy atom. The van der Waals surface area contributed by atoms with Crippen LogP contribution in [0.1, 0.15) is 42.5 Å². The number of carbonyl (C=O) groups is 2. The van der Waals surface area contributed by atoms with E-state index < -0.39 is 11.6 Å². The summed E-state index contributed by atoms with van der Waals surface area (Å²) in [5.74, 6) is -2.38. The second-order valence-electron chi connectivity index (χ2n) is 6.23. The zero-order chi connectivity index (χ0) is 16.4. The van der Waals surface area contributed by atoms with Gasteiger partial charge in [-0.2, -0.15) is 0 Å². The highest BCUT2D eigenvalue weighted by molar-refractivity contribution is 5.98. The summed E-state index contributed by atoms with van der Waals surface area (Å²) in [4.78, 5) is 26.5. The molecule has 2 atom stereocenters. The third-order valence-corrected chi connectivity index (χ3v) is 4.75. The normalized spacial score (nSPS) is 23.7. The van der Waals surface area contributed by atoms with Crippen LogP contribution in [0.15, 0.2) is 18.2 Å². The molecule has 0 spiro atoms. The summed E-state index contributed by atoms with van der Waals surface area (Å²) in [6.45, 7) is 1.72. The molecule has 1 N–H and O–H groups in total. The van der Waals surface area contributed by atoms with Crippen LogP contribution in [-0.2, 0) is 4.79 Å². The number of nitrogens with one attached hydrogen (secondary N) is 1. The maximum absolute atomic E-state index is 13.2. The van der Waals surface area contributed by atoms with Crippen LogP contribution in [0.2, 0.25) is 0 Å². The van der Waals surface area contributed by atoms with E-state index in [9.17, 15) is 18.4 Å². The quantitative estimate of drug-likeness (QED) is 0.865. The van der Waals surface area contributed by atoms with Crippen LogP contribution in [0.5, 0.6) is 0 Å². The van der Waals surface area contributed by atoms with Gasteiger partial charge in [-0.1, -0.05) is 0 Å². The Bertz CT molecular complexity index is 607. The molecule has 23 heavy (non-hydrogen) atoms. The Kier molecular flexibility index (Phi) is 4.71. The molecule has 0 aliphatic carbocycles. The lowest BCUT2D eigenvalue weighted by Gasteiger charge is -2.27. The minimum absolute atomic E-state index is 0.0165. The average molecular weight is 322 g/mol. The number of halogens is 2. The fraction of sp³-hybridized carbons (Fsp3) is 0.529. The number of nitrogens with zero attached hydrogens (tertiary/aromatic N) is 1. The molecule has 1 amide bonds. The lowest BCUT2D eigenvalue weighted by molar-refractivity contribution is -0.133. The molecule has 6 heteroatoms. The standard InChI is InChI=1S/C17H20F2N2O2/c18-14-4-1-11(9-15(14)19)16(22)5-6-17(23)21-12-2-3-13(21)10-20-8-7-12/h1,4,9,12-13,20H,2-3,5-8,10H2. The predicted molar refractivity (Wildman–Crippen MR) is 81.1 cm³/mol. The number of carbonyl (C=O) groups excluding carboxylic acids is 2. The molecule has 4 nitrogen and oxygen atoms in total. The number of fused-ring (bicyclic) bond motifs is 2. The van der Waals surface area contributed by atoms with Crippen LogP contribution < -0.4 is 5.32 Å². The van der Waals surface area contributed by atoms with Crippen molar-refractivity contribution in [3.8, 4) is 0 Å². The van der Waals surface area contributed by atoms with E-state index in [4.69, 9.17) is 0 Å². The summed E-state index contributed by atoms with van der Waals surface area (Å²) in [5.41, 5.74) is 0.109. The number of benzene rings is 1. The molecule has 2 bridgehead atoms. The molecule has 2 aliphatic rings. The first-order valence-corrected chi connectivity index (χ1v) is 8.06. The van der Waals surface area contributed by atoms with Gasteiger partial charge in [0.05, 0.1) is 0 Å².